The Labute approximate surface area is 98.4 Å². The number of hydrogen-bond donors (Lipinski definition) is 0. The molecule has 2 bridgehead atoms. The average molecular weight is 246 g/mol. The van der Waals surface area contributed by atoms with Gasteiger partial charge in [-0.3, -0.25) is 0 Å². The van der Waals surface area contributed by atoms with Gasteiger partial charge in [0.2, 0.25) is 0 Å². The van der Waals surface area contributed by atoms with Crippen molar-refractivity contribution >= 4 is 20.9 Å². The van der Waals surface area contributed by atoms with Crippen molar-refractivity contribution in [3.63, 3.8) is 0 Å². The highest BCUT2D eigenvalue weighted by atomic mass is 35.5. The van der Waals surface area contributed by atoms with Crippen LogP contribution in [0.4, 0.5) is 0 Å². The molecule has 0 amide bonds. The van der Waals surface area contributed by atoms with Gasteiger partial charge >= 0.3 is 9.28 Å². The summed E-state index contributed by atoms with van der Waals surface area (Å²) < 4.78 is 11.6. The first-order valence-electron chi connectivity index (χ1n) is 5.68. The summed E-state index contributed by atoms with van der Waals surface area (Å²) in [6.07, 6.45) is 6.72. The molecule has 0 aromatic heterocycles. The molecule has 15 heavy (non-hydrogen) atoms. The van der Waals surface area contributed by atoms with Crippen LogP contribution in [0, 0.1) is 5.92 Å². The summed E-state index contributed by atoms with van der Waals surface area (Å²) in [5, 5.41) is 0.434. The van der Waals surface area contributed by atoms with Crippen LogP contribution >= 0.6 is 11.6 Å². The summed E-state index contributed by atoms with van der Waals surface area (Å²) in [5.74, 6) is 0.549. The second-order valence-corrected chi connectivity index (χ2v) is 6.97. The van der Waals surface area contributed by atoms with E-state index in [2.05, 4.69) is 12.2 Å². The molecule has 1 radical (unpaired) electrons. The van der Waals surface area contributed by atoms with Crippen LogP contribution in [0.25, 0.3) is 0 Å². The summed E-state index contributed by atoms with van der Waals surface area (Å²) in [5.41, 5.74) is 0. The van der Waals surface area contributed by atoms with Crippen LogP contribution in [0.1, 0.15) is 26.7 Å². The molecule has 0 spiro atoms. The zero-order valence-electron chi connectivity index (χ0n) is 9.33. The van der Waals surface area contributed by atoms with E-state index in [9.17, 15) is 0 Å². The van der Waals surface area contributed by atoms with E-state index < -0.39 is 9.28 Å². The molecule has 2 aliphatic carbocycles. The van der Waals surface area contributed by atoms with Gasteiger partial charge in [-0.15, -0.1) is 11.6 Å². The molecule has 0 heterocycles. The fraction of sp³-hybridized carbons (Fsp3) is 0.818. The Morgan fingerprint density at radius 3 is 2.40 bits per heavy atom. The third-order valence-electron chi connectivity index (χ3n) is 3.24. The Bertz CT molecular complexity index is 253. The number of alkyl halides is 1. The Morgan fingerprint density at radius 2 is 2.00 bits per heavy atom. The molecule has 1 saturated carbocycles. The van der Waals surface area contributed by atoms with Gasteiger partial charge in [-0.05, 0) is 32.6 Å². The molecule has 2 aliphatic rings. The van der Waals surface area contributed by atoms with E-state index in [1.54, 1.807) is 0 Å². The lowest BCUT2D eigenvalue weighted by atomic mass is 10.1. The van der Waals surface area contributed by atoms with Crippen LogP contribution in [-0.4, -0.2) is 27.9 Å². The summed E-state index contributed by atoms with van der Waals surface area (Å²) in [6, 6.07) is 0. The highest BCUT2D eigenvalue weighted by molar-refractivity contribution is 6.50. The first-order valence-corrected chi connectivity index (χ1v) is 7.43. The van der Waals surface area contributed by atoms with Gasteiger partial charge in [0.25, 0.3) is 0 Å². The van der Waals surface area contributed by atoms with Crippen LogP contribution in [0.3, 0.4) is 0 Å². The van der Waals surface area contributed by atoms with Crippen LogP contribution in [0.2, 0.25) is 5.04 Å². The molecule has 0 aromatic rings. The molecule has 0 aromatic carbocycles. The number of halogens is 1. The number of fused-ring (bicyclic) bond motifs is 2. The summed E-state index contributed by atoms with van der Waals surface area (Å²) in [4.78, 5) is 0. The molecule has 0 N–H and O–H groups in total. The minimum absolute atomic E-state index is 0.147. The molecule has 3 unspecified atom stereocenters. The Hall–Kier alpha value is 0.167. The minimum atomic E-state index is -1.20. The van der Waals surface area contributed by atoms with Crippen LogP contribution in [-0.2, 0) is 8.85 Å². The van der Waals surface area contributed by atoms with E-state index in [-0.39, 0.29) is 10.4 Å². The molecule has 0 saturated heterocycles. The second kappa shape index (κ2) is 4.58. The molecule has 2 nitrogen and oxygen atoms in total. The molecular weight excluding hydrogens is 228 g/mol. The monoisotopic (exact) mass is 245 g/mol. The van der Waals surface area contributed by atoms with Crippen molar-refractivity contribution in [2.45, 2.75) is 37.1 Å². The van der Waals surface area contributed by atoms with Crippen LogP contribution in [0.15, 0.2) is 12.2 Å². The molecular formula is C11H18ClO2Si. The Morgan fingerprint density at radius 1 is 1.33 bits per heavy atom. The molecule has 4 heteroatoms. The van der Waals surface area contributed by atoms with E-state index in [0.29, 0.717) is 5.92 Å². The normalized spacial score (nSPS) is 38.1. The topological polar surface area (TPSA) is 18.5 Å². The molecule has 0 aliphatic heterocycles. The quantitative estimate of drug-likeness (QED) is 0.421. The van der Waals surface area contributed by atoms with E-state index in [0.717, 1.165) is 26.1 Å². The summed E-state index contributed by atoms with van der Waals surface area (Å²) in [6.45, 7) is 5.54. The van der Waals surface area contributed by atoms with Gasteiger partial charge in [0.15, 0.2) is 0 Å². The van der Waals surface area contributed by atoms with E-state index in [1.807, 2.05) is 13.8 Å². The maximum atomic E-state index is 6.30. The van der Waals surface area contributed by atoms with Crippen molar-refractivity contribution in [1.82, 2.24) is 0 Å². The van der Waals surface area contributed by atoms with Crippen molar-refractivity contribution in [1.29, 1.82) is 0 Å². The SMILES string of the molecule is CCO[Si](OCC)C12C=CC(C1)C(Cl)C2. The maximum Gasteiger partial charge on any atom is 0.395 e. The zero-order chi connectivity index (χ0) is 10.9. The highest BCUT2D eigenvalue weighted by Gasteiger charge is 2.54. The van der Waals surface area contributed by atoms with Gasteiger partial charge in [0, 0.05) is 23.6 Å². The summed E-state index contributed by atoms with van der Waals surface area (Å²) in [7, 11) is -1.20. The highest BCUT2D eigenvalue weighted by Crippen LogP contribution is 2.58. The largest absolute Gasteiger partial charge is 0.395 e. The predicted octanol–water partition coefficient (Wildman–Crippen LogP) is 2.88. The zero-order valence-corrected chi connectivity index (χ0v) is 11.1. The smallest absolute Gasteiger partial charge is 0.393 e. The fourth-order valence-electron chi connectivity index (χ4n) is 2.59. The van der Waals surface area contributed by atoms with Gasteiger partial charge < -0.3 is 8.85 Å². The van der Waals surface area contributed by atoms with Crippen LogP contribution in [0.5, 0.6) is 0 Å². The van der Waals surface area contributed by atoms with E-state index >= 15 is 0 Å². The summed E-state index contributed by atoms with van der Waals surface area (Å²) >= 11 is 6.30. The third kappa shape index (κ3) is 2.03. The average Bonchev–Trinajstić information content (AvgIpc) is 2.75. The first-order chi connectivity index (χ1) is 7.22. The number of allylic oxidation sites excluding steroid dienone is 2. The lowest BCUT2D eigenvalue weighted by Crippen LogP contribution is -2.36. The minimum Gasteiger partial charge on any atom is -0.393 e. The van der Waals surface area contributed by atoms with Gasteiger partial charge in [0.1, 0.15) is 0 Å². The maximum absolute atomic E-state index is 6.30. The Kier molecular flexibility index (Phi) is 3.55. The Balaban J connectivity index is 2.10. The fourth-order valence-corrected chi connectivity index (χ4v) is 5.37. The third-order valence-corrected chi connectivity index (χ3v) is 6.21. The van der Waals surface area contributed by atoms with Gasteiger partial charge in [0.05, 0.1) is 0 Å². The van der Waals surface area contributed by atoms with Crippen molar-refractivity contribution in [2.75, 3.05) is 13.2 Å². The lowest BCUT2D eigenvalue weighted by Gasteiger charge is -2.29. The van der Waals surface area contributed by atoms with Crippen molar-refractivity contribution in [2.24, 2.45) is 5.92 Å². The molecule has 85 valence electrons. The molecule has 3 atom stereocenters. The van der Waals surface area contributed by atoms with Gasteiger partial charge in [-0.25, -0.2) is 0 Å². The molecule has 1 fully saturated rings. The van der Waals surface area contributed by atoms with Crippen molar-refractivity contribution in [3.05, 3.63) is 12.2 Å². The molecule has 2 rings (SSSR count). The van der Waals surface area contributed by atoms with Crippen molar-refractivity contribution in [3.8, 4) is 0 Å². The lowest BCUT2D eigenvalue weighted by molar-refractivity contribution is 0.193. The standard InChI is InChI=1S/C11H18ClO2Si/c1-3-13-15(14-4-2)11-6-5-9(7-11)10(12)8-11/h5-6,9-10H,3-4,7-8H2,1-2H3. The van der Waals surface area contributed by atoms with Crippen LogP contribution < -0.4 is 0 Å². The van der Waals surface area contributed by atoms with E-state index in [1.165, 1.54) is 0 Å². The number of rotatable bonds is 5. The first kappa shape index (κ1) is 11.6. The van der Waals surface area contributed by atoms with E-state index in [4.69, 9.17) is 20.5 Å². The van der Waals surface area contributed by atoms with Gasteiger partial charge in [-0.2, -0.15) is 0 Å². The predicted molar refractivity (Wildman–Crippen MR) is 63.2 cm³/mol. The second-order valence-electron chi connectivity index (χ2n) is 4.26. The van der Waals surface area contributed by atoms with Crippen molar-refractivity contribution < 1.29 is 8.85 Å². The number of hydrogen-bond acceptors (Lipinski definition) is 2. The van der Waals surface area contributed by atoms with Gasteiger partial charge in [-0.1, -0.05) is 12.2 Å².